The highest BCUT2D eigenvalue weighted by Crippen LogP contribution is 2.23. The molecule has 1 saturated heterocycles. The Hall–Kier alpha value is -1.99. The number of ether oxygens (including phenoxy) is 2. The summed E-state index contributed by atoms with van der Waals surface area (Å²) < 4.78 is 10.6. The van der Waals surface area contributed by atoms with Gasteiger partial charge in [0.05, 0.1) is 0 Å². The lowest BCUT2D eigenvalue weighted by Gasteiger charge is -2.37. The van der Waals surface area contributed by atoms with Crippen LogP contribution >= 0.6 is 0 Å². The lowest BCUT2D eigenvalue weighted by molar-refractivity contribution is -0.150. The second-order valence-electron chi connectivity index (χ2n) is 7.78. The lowest BCUT2D eigenvalue weighted by Crippen LogP contribution is -2.58. The predicted molar refractivity (Wildman–Crippen MR) is 86.3 cm³/mol. The van der Waals surface area contributed by atoms with Gasteiger partial charge in [0.25, 0.3) is 0 Å². The molecule has 1 heterocycles. The van der Waals surface area contributed by atoms with Gasteiger partial charge in [-0.3, -0.25) is 0 Å². The van der Waals surface area contributed by atoms with Crippen LogP contribution in [0.15, 0.2) is 0 Å². The van der Waals surface area contributed by atoms with Crippen LogP contribution in [0.1, 0.15) is 60.8 Å². The third-order valence-electron chi connectivity index (χ3n) is 3.12. The molecule has 0 aromatic rings. The van der Waals surface area contributed by atoms with E-state index in [1.807, 2.05) is 0 Å². The van der Waals surface area contributed by atoms with Gasteiger partial charge in [-0.1, -0.05) is 0 Å². The zero-order chi connectivity index (χ0) is 18.7. The number of hydrazine groups is 1. The molecule has 0 aromatic heterocycles. The summed E-state index contributed by atoms with van der Waals surface area (Å²) in [4.78, 5) is 36.6. The fourth-order valence-corrected chi connectivity index (χ4v) is 2.25. The molecular formula is C16H28N2O6. The van der Waals surface area contributed by atoms with Crippen molar-refractivity contribution in [3.8, 4) is 0 Å². The zero-order valence-electron chi connectivity index (χ0n) is 15.3. The second kappa shape index (κ2) is 7.27. The van der Waals surface area contributed by atoms with E-state index >= 15 is 0 Å². The first kappa shape index (κ1) is 20.1. The number of amides is 2. The van der Waals surface area contributed by atoms with Crippen LogP contribution in [0.4, 0.5) is 9.59 Å². The fraction of sp³-hybridized carbons (Fsp3) is 0.812. The molecule has 1 atom stereocenters. The normalized spacial score (nSPS) is 19.5. The number of carboxylic acid groups (broad SMARTS) is 1. The van der Waals surface area contributed by atoms with Crippen molar-refractivity contribution in [2.24, 2.45) is 0 Å². The topological polar surface area (TPSA) is 96.4 Å². The van der Waals surface area contributed by atoms with Crippen LogP contribution in [-0.4, -0.2) is 57.1 Å². The molecule has 1 aliphatic heterocycles. The number of carboxylic acids is 1. The van der Waals surface area contributed by atoms with Crippen LogP contribution in [0.3, 0.4) is 0 Å². The summed E-state index contributed by atoms with van der Waals surface area (Å²) in [5.41, 5.74) is -1.58. The summed E-state index contributed by atoms with van der Waals surface area (Å²) in [5, 5.41) is 11.4. The highest BCUT2D eigenvalue weighted by molar-refractivity contribution is 5.82. The van der Waals surface area contributed by atoms with Crippen molar-refractivity contribution >= 4 is 18.2 Å². The van der Waals surface area contributed by atoms with E-state index in [1.165, 1.54) is 0 Å². The highest BCUT2D eigenvalue weighted by Gasteiger charge is 2.42. The molecule has 24 heavy (non-hydrogen) atoms. The molecule has 138 valence electrons. The molecule has 0 radical (unpaired) electrons. The van der Waals surface area contributed by atoms with Gasteiger partial charge in [-0.25, -0.2) is 19.4 Å². The van der Waals surface area contributed by atoms with Crippen molar-refractivity contribution in [3.63, 3.8) is 0 Å². The maximum atomic E-state index is 12.6. The van der Waals surface area contributed by atoms with Gasteiger partial charge in [0.1, 0.15) is 11.2 Å². The zero-order valence-corrected chi connectivity index (χ0v) is 15.3. The summed E-state index contributed by atoms with van der Waals surface area (Å²) in [5.74, 6) is -1.18. The standard InChI is InChI=1S/C16H28N2O6/c1-15(2,3)23-13(21)17-10-8-7-9-11(12(19)20)18(17)14(22)24-16(4,5)6/h11H,7-10H2,1-6H3,(H,19,20). The molecule has 0 saturated carbocycles. The number of nitrogens with zero attached hydrogens (tertiary/aromatic N) is 2. The second-order valence-corrected chi connectivity index (χ2v) is 7.78. The number of hydrogen-bond donors (Lipinski definition) is 1. The smallest absolute Gasteiger partial charge is 0.430 e. The average Bonchev–Trinajstić information content (AvgIpc) is 2.56. The van der Waals surface area contributed by atoms with Crippen molar-refractivity contribution in [2.45, 2.75) is 78.0 Å². The van der Waals surface area contributed by atoms with Gasteiger partial charge in [0.15, 0.2) is 6.04 Å². The minimum absolute atomic E-state index is 0.192. The predicted octanol–water partition coefficient (Wildman–Crippen LogP) is 3.01. The quantitative estimate of drug-likeness (QED) is 0.785. The van der Waals surface area contributed by atoms with E-state index in [9.17, 15) is 19.5 Å². The third kappa shape index (κ3) is 5.90. The molecule has 1 rings (SSSR count). The van der Waals surface area contributed by atoms with E-state index in [4.69, 9.17) is 9.47 Å². The number of hydrogen-bond acceptors (Lipinski definition) is 5. The number of carbonyl (C=O) groups excluding carboxylic acids is 2. The minimum Gasteiger partial charge on any atom is -0.480 e. The Bertz CT molecular complexity index is 492. The molecule has 2 amide bonds. The van der Waals surface area contributed by atoms with Gasteiger partial charge >= 0.3 is 18.2 Å². The third-order valence-corrected chi connectivity index (χ3v) is 3.12. The molecule has 0 spiro atoms. The summed E-state index contributed by atoms with van der Waals surface area (Å²) in [6.45, 7) is 10.3. The average molecular weight is 344 g/mol. The van der Waals surface area contributed by atoms with Crippen LogP contribution < -0.4 is 0 Å². The number of rotatable bonds is 1. The first-order chi connectivity index (χ1) is 10.8. The van der Waals surface area contributed by atoms with Crippen LogP contribution in [0.5, 0.6) is 0 Å². The van der Waals surface area contributed by atoms with E-state index in [2.05, 4.69) is 0 Å². The van der Waals surface area contributed by atoms with Gasteiger partial charge in [-0.15, -0.1) is 0 Å². The maximum Gasteiger partial charge on any atom is 0.430 e. The van der Waals surface area contributed by atoms with E-state index in [1.54, 1.807) is 41.5 Å². The first-order valence-corrected chi connectivity index (χ1v) is 8.07. The van der Waals surface area contributed by atoms with Crippen molar-refractivity contribution in [1.29, 1.82) is 0 Å². The SMILES string of the molecule is CC(C)(C)OC(=O)N1CCCCC(C(=O)O)N1C(=O)OC(C)(C)C. The molecule has 1 aliphatic rings. The molecule has 1 fully saturated rings. The van der Waals surface area contributed by atoms with Gasteiger partial charge < -0.3 is 14.6 Å². The van der Waals surface area contributed by atoms with Gasteiger partial charge in [-0.2, -0.15) is 5.01 Å². The Labute approximate surface area is 142 Å². The molecular weight excluding hydrogens is 316 g/mol. The van der Waals surface area contributed by atoms with Crippen LogP contribution in [0, 0.1) is 0 Å². The van der Waals surface area contributed by atoms with Gasteiger partial charge in [0.2, 0.25) is 0 Å². The van der Waals surface area contributed by atoms with E-state index < -0.39 is 35.4 Å². The summed E-state index contributed by atoms with van der Waals surface area (Å²) in [6, 6.07) is -1.17. The van der Waals surface area contributed by atoms with Crippen LogP contribution in [-0.2, 0) is 14.3 Å². The van der Waals surface area contributed by atoms with Gasteiger partial charge in [0, 0.05) is 6.54 Å². The van der Waals surface area contributed by atoms with Crippen LogP contribution in [0.2, 0.25) is 0 Å². The first-order valence-electron chi connectivity index (χ1n) is 8.07. The summed E-state index contributed by atoms with van der Waals surface area (Å²) in [6.07, 6.45) is -0.240. The van der Waals surface area contributed by atoms with E-state index in [-0.39, 0.29) is 13.0 Å². The number of carbonyl (C=O) groups is 3. The largest absolute Gasteiger partial charge is 0.480 e. The Balaban J connectivity index is 3.16. The molecule has 0 aliphatic carbocycles. The summed E-state index contributed by atoms with van der Waals surface area (Å²) in [7, 11) is 0. The van der Waals surface area contributed by atoms with Crippen molar-refractivity contribution in [3.05, 3.63) is 0 Å². The Morgan fingerprint density at radius 3 is 1.88 bits per heavy atom. The molecule has 0 aromatic carbocycles. The van der Waals surface area contributed by atoms with Crippen molar-refractivity contribution in [2.75, 3.05) is 6.54 Å². The van der Waals surface area contributed by atoms with Gasteiger partial charge in [-0.05, 0) is 60.8 Å². The highest BCUT2D eigenvalue weighted by atomic mass is 16.6. The minimum atomic E-state index is -1.18. The Kier molecular flexibility index (Phi) is 6.08. The van der Waals surface area contributed by atoms with Crippen molar-refractivity contribution < 1.29 is 29.0 Å². The van der Waals surface area contributed by atoms with E-state index in [0.29, 0.717) is 12.8 Å². The Morgan fingerprint density at radius 2 is 1.42 bits per heavy atom. The summed E-state index contributed by atoms with van der Waals surface area (Å²) >= 11 is 0. The number of aliphatic carboxylic acids is 1. The van der Waals surface area contributed by atoms with E-state index in [0.717, 1.165) is 10.0 Å². The van der Waals surface area contributed by atoms with Crippen molar-refractivity contribution in [1.82, 2.24) is 10.0 Å². The molecule has 0 bridgehead atoms. The lowest BCUT2D eigenvalue weighted by atomic mass is 10.1. The Morgan fingerprint density at radius 1 is 0.917 bits per heavy atom. The molecule has 8 heteroatoms. The maximum absolute atomic E-state index is 12.6. The molecule has 8 nitrogen and oxygen atoms in total. The fourth-order valence-electron chi connectivity index (χ4n) is 2.25. The van der Waals surface area contributed by atoms with Crippen LogP contribution in [0.25, 0.3) is 0 Å². The monoisotopic (exact) mass is 344 g/mol. The molecule has 1 unspecified atom stereocenters. The molecule has 1 N–H and O–H groups in total.